The SMILES string of the molecule is COc1ccccc1CCN1CC[C@@H]2[C@H](C1)c1cccc3c1N2CCCN3C. The second-order valence-electron chi connectivity index (χ2n) is 8.51. The lowest BCUT2D eigenvalue weighted by Gasteiger charge is -2.39. The lowest BCUT2D eigenvalue weighted by atomic mass is 9.88. The van der Waals surface area contributed by atoms with Gasteiger partial charge in [-0.1, -0.05) is 30.3 Å². The molecule has 4 nitrogen and oxygen atoms in total. The summed E-state index contributed by atoms with van der Waals surface area (Å²) in [7, 11) is 4.02. The van der Waals surface area contributed by atoms with Gasteiger partial charge in [-0.25, -0.2) is 0 Å². The third-order valence-corrected chi connectivity index (χ3v) is 6.99. The zero-order valence-electron chi connectivity index (χ0n) is 17.1. The van der Waals surface area contributed by atoms with Crippen molar-refractivity contribution in [3.05, 3.63) is 53.6 Å². The molecule has 5 rings (SSSR count). The van der Waals surface area contributed by atoms with E-state index in [2.05, 4.69) is 64.2 Å². The smallest absolute Gasteiger partial charge is 0.122 e. The molecule has 3 heterocycles. The fourth-order valence-electron chi connectivity index (χ4n) is 5.59. The van der Waals surface area contributed by atoms with Gasteiger partial charge in [-0.15, -0.1) is 0 Å². The van der Waals surface area contributed by atoms with Crippen LogP contribution in [0.15, 0.2) is 42.5 Å². The first-order chi connectivity index (χ1) is 13.8. The molecule has 1 saturated heterocycles. The molecule has 0 aliphatic carbocycles. The van der Waals surface area contributed by atoms with Crippen LogP contribution in [-0.2, 0) is 6.42 Å². The Hall–Kier alpha value is -2.20. The van der Waals surface area contributed by atoms with Crippen molar-refractivity contribution in [1.82, 2.24) is 4.90 Å². The second kappa shape index (κ2) is 7.32. The maximum Gasteiger partial charge on any atom is 0.122 e. The van der Waals surface area contributed by atoms with Gasteiger partial charge in [0.2, 0.25) is 0 Å². The topological polar surface area (TPSA) is 19.0 Å². The standard InChI is InChI=1S/C24H31N3O/c1-25-13-6-14-27-21-12-16-26(15-11-18-7-3-4-10-23(18)28-2)17-20(21)19-8-5-9-22(25)24(19)27/h3-5,7-10,20-21H,6,11-17H2,1-2H3/t20-,21-/m1/s1. The van der Waals surface area contributed by atoms with Crippen molar-refractivity contribution in [3.63, 3.8) is 0 Å². The predicted molar refractivity (Wildman–Crippen MR) is 116 cm³/mol. The Balaban J connectivity index is 1.35. The molecular formula is C24H31N3O. The highest BCUT2D eigenvalue weighted by molar-refractivity contribution is 5.79. The molecule has 3 aliphatic rings. The van der Waals surface area contributed by atoms with Gasteiger partial charge in [0.05, 0.1) is 18.5 Å². The highest BCUT2D eigenvalue weighted by atomic mass is 16.5. The van der Waals surface area contributed by atoms with Crippen molar-refractivity contribution < 1.29 is 4.74 Å². The first-order valence-electron chi connectivity index (χ1n) is 10.7. The number of likely N-dealkylation sites (tertiary alicyclic amines) is 1. The Labute approximate surface area is 168 Å². The van der Waals surface area contributed by atoms with Gasteiger partial charge in [-0.3, -0.25) is 0 Å². The molecule has 3 aliphatic heterocycles. The van der Waals surface area contributed by atoms with Crippen LogP contribution in [-0.4, -0.2) is 57.8 Å². The number of anilines is 2. The van der Waals surface area contributed by atoms with E-state index in [-0.39, 0.29) is 0 Å². The summed E-state index contributed by atoms with van der Waals surface area (Å²) in [4.78, 5) is 7.87. The van der Waals surface area contributed by atoms with Gasteiger partial charge in [-0.05, 0) is 42.5 Å². The average molecular weight is 378 g/mol. The average Bonchev–Trinajstić information content (AvgIpc) is 2.94. The lowest BCUT2D eigenvalue weighted by Crippen LogP contribution is -2.47. The van der Waals surface area contributed by atoms with Gasteiger partial charge in [0.15, 0.2) is 0 Å². The summed E-state index contributed by atoms with van der Waals surface area (Å²) in [5.41, 5.74) is 5.87. The van der Waals surface area contributed by atoms with Crippen molar-refractivity contribution in [1.29, 1.82) is 0 Å². The van der Waals surface area contributed by atoms with E-state index in [4.69, 9.17) is 4.74 Å². The molecule has 0 saturated carbocycles. The number of fused-ring (bicyclic) bond motifs is 3. The monoisotopic (exact) mass is 377 g/mol. The summed E-state index contributed by atoms with van der Waals surface area (Å²) in [5, 5.41) is 0. The number of nitrogens with zero attached hydrogens (tertiary/aromatic N) is 3. The zero-order valence-corrected chi connectivity index (χ0v) is 17.1. The maximum absolute atomic E-state index is 5.54. The molecule has 0 aromatic heterocycles. The van der Waals surface area contributed by atoms with Crippen molar-refractivity contribution in [3.8, 4) is 5.75 Å². The van der Waals surface area contributed by atoms with Crippen LogP contribution < -0.4 is 14.5 Å². The van der Waals surface area contributed by atoms with Crippen molar-refractivity contribution >= 4 is 11.4 Å². The predicted octanol–water partition coefficient (Wildman–Crippen LogP) is 3.76. The van der Waals surface area contributed by atoms with E-state index < -0.39 is 0 Å². The molecule has 2 atom stereocenters. The minimum atomic E-state index is 0.646. The highest BCUT2D eigenvalue weighted by Gasteiger charge is 2.43. The molecule has 0 spiro atoms. The minimum absolute atomic E-state index is 0.646. The number of rotatable bonds is 4. The van der Waals surface area contributed by atoms with Crippen molar-refractivity contribution in [2.24, 2.45) is 0 Å². The molecule has 0 bridgehead atoms. The Morgan fingerprint density at radius 3 is 2.82 bits per heavy atom. The number of hydrogen-bond donors (Lipinski definition) is 0. The Kier molecular flexibility index (Phi) is 4.67. The number of para-hydroxylation sites is 2. The van der Waals surface area contributed by atoms with Crippen LogP contribution in [0, 0.1) is 0 Å². The van der Waals surface area contributed by atoms with Crippen LogP contribution in [0.4, 0.5) is 11.4 Å². The summed E-state index contributed by atoms with van der Waals surface area (Å²) in [6.45, 7) is 5.85. The summed E-state index contributed by atoms with van der Waals surface area (Å²) >= 11 is 0. The number of piperidine rings is 1. The number of benzene rings is 2. The summed E-state index contributed by atoms with van der Waals surface area (Å²) in [5.74, 6) is 1.66. The molecule has 0 radical (unpaired) electrons. The third kappa shape index (κ3) is 2.95. The van der Waals surface area contributed by atoms with E-state index in [9.17, 15) is 0 Å². The van der Waals surface area contributed by atoms with E-state index in [0.29, 0.717) is 12.0 Å². The largest absolute Gasteiger partial charge is 0.496 e. The molecule has 2 aromatic carbocycles. The van der Waals surface area contributed by atoms with Crippen molar-refractivity contribution in [2.75, 3.05) is 56.7 Å². The molecule has 28 heavy (non-hydrogen) atoms. The zero-order chi connectivity index (χ0) is 19.1. The normalized spacial score (nSPS) is 23.9. The Bertz CT molecular complexity index is 851. The van der Waals surface area contributed by atoms with Crippen LogP contribution >= 0.6 is 0 Å². The summed E-state index contributed by atoms with van der Waals surface area (Å²) < 4.78 is 5.54. The first kappa shape index (κ1) is 17.9. The van der Waals surface area contributed by atoms with Crippen LogP contribution in [0.25, 0.3) is 0 Å². The third-order valence-electron chi connectivity index (χ3n) is 6.99. The number of hydrogen-bond acceptors (Lipinski definition) is 4. The summed E-state index contributed by atoms with van der Waals surface area (Å²) in [6.07, 6.45) is 3.58. The van der Waals surface area contributed by atoms with E-state index in [1.54, 1.807) is 12.7 Å². The second-order valence-corrected chi connectivity index (χ2v) is 8.51. The Morgan fingerprint density at radius 2 is 1.93 bits per heavy atom. The van der Waals surface area contributed by atoms with Crippen LogP contribution in [0.2, 0.25) is 0 Å². The molecule has 0 unspecified atom stereocenters. The van der Waals surface area contributed by atoms with Crippen LogP contribution in [0.5, 0.6) is 5.75 Å². The number of ether oxygens (including phenoxy) is 1. The molecule has 1 fully saturated rings. The molecule has 0 N–H and O–H groups in total. The van der Waals surface area contributed by atoms with E-state index in [1.807, 2.05) is 0 Å². The van der Waals surface area contributed by atoms with Crippen LogP contribution in [0.3, 0.4) is 0 Å². The molecular weight excluding hydrogens is 346 g/mol. The fraction of sp³-hybridized carbons (Fsp3) is 0.500. The number of methoxy groups -OCH3 is 1. The van der Waals surface area contributed by atoms with Crippen molar-refractivity contribution in [2.45, 2.75) is 31.2 Å². The van der Waals surface area contributed by atoms with Gasteiger partial charge in [0, 0.05) is 51.7 Å². The lowest BCUT2D eigenvalue weighted by molar-refractivity contribution is 0.195. The van der Waals surface area contributed by atoms with Crippen LogP contribution in [0.1, 0.15) is 29.9 Å². The van der Waals surface area contributed by atoms with Gasteiger partial charge in [0.1, 0.15) is 5.75 Å². The summed E-state index contributed by atoms with van der Waals surface area (Å²) in [6, 6.07) is 16.1. The van der Waals surface area contributed by atoms with Gasteiger partial charge in [0.25, 0.3) is 0 Å². The van der Waals surface area contributed by atoms with E-state index >= 15 is 0 Å². The molecule has 0 amide bonds. The quantitative estimate of drug-likeness (QED) is 0.808. The van der Waals surface area contributed by atoms with Gasteiger partial charge < -0.3 is 19.4 Å². The van der Waals surface area contributed by atoms with Gasteiger partial charge >= 0.3 is 0 Å². The molecule has 4 heteroatoms. The minimum Gasteiger partial charge on any atom is -0.496 e. The molecule has 148 valence electrons. The van der Waals surface area contributed by atoms with E-state index in [0.717, 1.165) is 25.3 Å². The molecule has 2 aromatic rings. The van der Waals surface area contributed by atoms with Gasteiger partial charge in [-0.2, -0.15) is 0 Å². The first-order valence-corrected chi connectivity index (χ1v) is 10.7. The Morgan fingerprint density at radius 1 is 1.04 bits per heavy atom. The highest BCUT2D eigenvalue weighted by Crippen LogP contribution is 2.49. The van der Waals surface area contributed by atoms with E-state index in [1.165, 1.54) is 49.4 Å². The maximum atomic E-state index is 5.54. The fourth-order valence-corrected chi connectivity index (χ4v) is 5.59.